The highest BCUT2D eigenvalue weighted by Crippen LogP contribution is 2.22. The fourth-order valence-corrected chi connectivity index (χ4v) is 1.43. The smallest absolute Gasteiger partial charge is 0.129 e. The van der Waals surface area contributed by atoms with Gasteiger partial charge in [-0.2, -0.15) is 0 Å². The topological polar surface area (TPSA) is 61.5 Å². The summed E-state index contributed by atoms with van der Waals surface area (Å²) in [4.78, 5) is 0. The van der Waals surface area contributed by atoms with Crippen molar-refractivity contribution >= 4 is 0 Å². The Kier molecular flexibility index (Phi) is 1.96. The van der Waals surface area contributed by atoms with E-state index in [1.54, 1.807) is 19.0 Å². The zero-order chi connectivity index (χ0) is 7.78. The van der Waals surface area contributed by atoms with Crippen molar-refractivity contribution in [1.82, 2.24) is 10.4 Å². The molecule has 0 aliphatic carbocycles. The highest BCUT2D eigenvalue weighted by Gasteiger charge is 2.37. The number of hydrazine groups is 1. The molecule has 1 aliphatic rings. The molecule has 4 N–H and O–H groups in total. The Balaban J connectivity index is 2.58. The molecule has 0 aromatic rings. The number of hydrogen-bond donors (Lipinski definition) is 3. The summed E-state index contributed by atoms with van der Waals surface area (Å²) in [6.45, 7) is 2.47. The number of nitrogens with two attached hydrogens (primary N) is 1. The molecule has 0 radical (unpaired) electrons. The van der Waals surface area contributed by atoms with Crippen LogP contribution < -0.4 is 11.2 Å². The molecular weight excluding hydrogens is 130 g/mol. The second-order valence-electron chi connectivity index (χ2n) is 3.02. The first kappa shape index (κ1) is 7.94. The standard InChI is InChI=1S/C6H15N3O/c1-6(10)3-5(7)4-9(6)8-2/h5,8,10H,3-4,7H2,1-2H3. The van der Waals surface area contributed by atoms with E-state index in [1.807, 2.05) is 0 Å². The van der Waals surface area contributed by atoms with E-state index in [0.717, 1.165) is 0 Å². The van der Waals surface area contributed by atoms with Crippen molar-refractivity contribution in [3.8, 4) is 0 Å². The summed E-state index contributed by atoms with van der Waals surface area (Å²) in [6, 6.07) is 0.0856. The van der Waals surface area contributed by atoms with Gasteiger partial charge in [-0.1, -0.05) is 0 Å². The van der Waals surface area contributed by atoms with E-state index in [4.69, 9.17) is 5.73 Å². The van der Waals surface area contributed by atoms with Crippen molar-refractivity contribution in [1.29, 1.82) is 0 Å². The Hall–Kier alpha value is -0.160. The lowest BCUT2D eigenvalue weighted by Gasteiger charge is -2.28. The summed E-state index contributed by atoms with van der Waals surface area (Å²) in [5, 5.41) is 11.4. The van der Waals surface area contributed by atoms with Crippen LogP contribution in [-0.4, -0.2) is 35.5 Å². The molecule has 0 bridgehead atoms. The average Bonchev–Trinajstić information content (AvgIpc) is 2.04. The maximum atomic E-state index is 9.61. The summed E-state index contributed by atoms with van der Waals surface area (Å²) in [5.41, 5.74) is 7.75. The second kappa shape index (κ2) is 2.47. The summed E-state index contributed by atoms with van der Waals surface area (Å²) in [6.07, 6.45) is 0.633. The molecule has 10 heavy (non-hydrogen) atoms. The Labute approximate surface area is 61.0 Å². The molecule has 2 unspecified atom stereocenters. The number of rotatable bonds is 1. The number of aliphatic hydroxyl groups is 1. The van der Waals surface area contributed by atoms with E-state index in [0.29, 0.717) is 13.0 Å². The van der Waals surface area contributed by atoms with Gasteiger partial charge in [0.05, 0.1) is 0 Å². The molecule has 0 aromatic carbocycles. The highest BCUT2D eigenvalue weighted by atomic mass is 16.3. The van der Waals surface area contributed by atoms with Crippen LogP contribution in [0.4, 0.5) is 0 Å². The molecule has 0 aromatic heterocycles. The normalized spacial score (nSPS) is 42.6. The van der Waals surface area contributed by atoms with Crippen LogP contribution in [0.25, 0.3) is 0 Å². The predicted molar refractivity (Wildman–Crippen MR) is 39.0 cm³/mol. The molecule has 4 nitrogen and oxygen atoms in total. The second-order valence-corrected chi connectivity index (χ2v) is 3.02. The number of nitrogens with one attached hydrogen (secondary N) is 1. The first-order chi connectivity index (χ1) is 4.56. The molecule has 1 saturated heterocycles. The van der Waals surface area contributed by atoms with E-state index < -0.39 is 5.72 Å². The van der Waals surface area contributed by atoms with Crippen LogP contribution in [0.15, 0.2) is 0 Å². The van der Waals surface area contributed by atoms with Crippen LogP contribution in [-0.2, 0) is 0 Å². The average molecular weight is 145 g/mol. The molecule has 1 aliphatic heterocycles. The molecule has 1 heterocycles. The van der Waals surface area contributed by atoms with E-state index >= 15 is 0 Å². The van der Waals surface area contributed by atoms with Gasteiger partial charge < -0.3 is 10.8 Å². The van der Waals surface area contributed by atoms with Gasteiger partial charge in [-0.3, -0.25) is 5.43 Å². The molecule has 1 rings (SSSR count). The highest BCUT2D eigenvalue weighted by molar-refractivity contribution is 4.87. The van der Waals surface area contributed by atoms with Gasteiger partial charge in [0.1, 0.15) is 5.72 Å². The third-order valence-corrected chi connectivity index (χ3v) is 1.92. The number of nitrogens with zero attached hydrogens (tertiary/aromatic N) is 1. The minimum atomic E-state index is -0.770. The van der Waals surface area contributed by atoms with Crippen LogP contribution >= 0.6 is 0 Å². The first-order valence-electron chi connectivity index (χ1n) is 3.49. The Morgan fingerprint density at radius 1 is 1.80 bits per heavy atom. The van der Waals surface area contributed by atoms with Crippen LogP contribution in [0.1, 0.15) is 13.3 Å². The van der Waals surface area contributed by atoms with Gasteiger partial charge in [-0.05, 0) is 14.0 Å². The first-order valence-corrected chi connectivity index (χ1v) is 3.49. The summed E-state index contributed by atoms with van der Waals surface area (Å²) >= 11 is 0. The van der Waals surface area contributed by atoms with Crippen LogP contribution in [0, 0.1) is 0 Å². The van der Waals surface area contributed by atoms with E-state index in [9.17, 15) is 5.11 Å². The molecule has 1 fully saturated rings. The van der Waals surface area contributed by atoms with E-state index in [2.05, 4.69) is 5.43 Å². The van der Waals surface area contributed by atoms with Gasteiger partial charge in [0.25, 0.3) is 0 Å². The van der Waals surface area contributed by atoms with E-state index in [1.165, 1.54) is 0 Å². The van der Waals surface area contributed by atoms with Crippen molar-refractivity contribution in [2.24, 2.45) is 5.73 Å². The summed E-state index contributed by atoms with van der Waals surface area (Å²) in [7, 11) is 1.78. The molecule has 60 valence electrons. The zero-order valence-electron chi connectivity index (χ0n) is 6.46. The summed E-state index contributed by atoms with van der Waals surface area (Å²) < 4.78 is 0. The molecule has 0 amide bonds. The molecular formula is C6H15N3O. The Morgan fingerprint density at radius 3 is 2.60 bits per heavy atom. The maximum Gasteiger partial charge on any atom is 0.129 e. The largest absolute Gasteiger partial charge is 0.375 e. The lowest BCUT2D eigenvalue weighted by atomic mass is 10.1. The zero-order valence-corrected chi connectivity index (χ0v) is 6.46. The SMILES string of the molecule is CNN1CC(N)CC1(C)O. The molecule has 0 saturated carbocycles. The minimum Gasteiger partial charge on any atom is -0.375 e. The van der Waals surface area contributed by atoms with Crippen molar-refractivity contribution < 1.29 is 5.11 Å². The van der Waals surface area contributed by atoms with Gasteiger partial charge in [-0.15, -0.1) is 0 Å². The lowest BCUT2D eigenvalue weighted by Crippen LogP contribution is -2.47. The quantitative estimate of drug-likeness (QED) is 0.436. The van der Waals surface area contributed by atoms with Gasteiger partial charge in [0.2, 0.25) is 0 Å². The van der Waals surface area contributed by atoms with Gasteiger partial charge in [0, 0.05) is 19.0 Å². The van der Waals surface area contributed by atoms with Gasteiger partial charge >= 0.3 is 0 Å². The maximum absolute atomic E-state index is 9.61. The van der Waals surface area contributed by atoms with Crippen LogP contribution in [0.2, 0.25) is 0 Å². The van der Waals surface area contributed by atoms with Gasteiger partial charge in [0.15, 0.2) is 0 Å². The third-order valence-electron chi connectivity index (χ3n) is 1.92. The summed E-state index contributed by atoms with van der Waals surface area (Å²) in [5.74, 6) is 0. The predicted octanol–water partition coefficient (Wildman–Crippen LogP) is -1.14. The van der Waals surface area contributed by atoms with Crippen LogP contribution in [0.3, 0.4) is 0 Å². The van der Waals surface area contributed by atoms with Gasteiger partial charge in [-0.25, -0.2) is 5.01 Å². The molecule has 2 atom stereocenters. The fraction of sp³-hybridized carbons (Fsp3) is 1.00. The van der Waals surface area contributed by atoms with Crippen molar-refractivity contribution in [3.05, 3.63) is 0 Å². The molecule has 0 spiro atoms. The monoisotopic (exact) mass is 145 g/mol. The van der Waals surface area contributed by atoms with Crippen LogP contribution in [0.5, 0.6) is 0 Å². The Bertz CT molecular complexity index is 126. The Morgan fingerprint density at radius 2 is 2.40 bits per heavy atom. The fourth-order valence-electron chi connectivity index (χ4n) is 1.43. The van der Waals surface area contributed by atoms with E-state index in [-0.39, 0.29) is 6.04 Å². The van der Waals surface area contributed by atoms with Crippen molar-refractivity contribution in [2.75, 3.05) is 13.6 Å². The molecule has 4 heteroatoms. The minimum absolute atomic E-state index is 0.0856. The lowest BCUT2D eigenvalue weighted by molar-refractivity contribution is -0.0874. The van der Waals surface area contributed by atoms with Crippen molar-refractivity contribution in [2.45, 2.75) is 25.1 Å². The number of hydrogen-bond acceptors (Lipinski definition) is 4. The third kappa shape index (κ3) is 1.29. The van der Waals surface area contributed by atoms with Crippen molar-refractivity contribution in [3.63, 3.8) is 0 Å².